The second-order valence-corrected chi connectivity index (χ2v) is 4.21. The molecular weight excluding hydrogens is 268 g/mol. The van der Waals surface area contributed by atoms with Crippen molar-refractivity contribution < 1.29 is 9.72 Å². The van der Waals surface area contributed by atoms with Gasteiger partial charge in [-0.05, 0) is 29.8 Å². The molecule has 5 heteroatoms. The van der Waals surface area contributed by atoms with Gasteiger partial charge in [0.05, 0.1) is 22.1 Å². The number of nitriles is 1. The van der Waals surface area contributed by atoms with Crippen LogP contribution in [0, 0.1) is 21.4 Å². The summed E-state index contributed by atoms with van der Waals surface area (Å²) in [6, 6.07) is 14.5. The molecular formula is C16H10N2O3. The van der Waals surface area contributed by atoms with Crippen LogP contribution in [0.4, 0.5) is 5.69 Å². The molecule has 0 aliphatic rings. The van der Waals surface area contributed by atoms with E-state index in [0.29, 0.717) is 5.56 Å². The van der Waals surface area contributed by atoms with Crippen LogP contribution in [0.2, 0.25) is 0 Å². The topological polar surface area (TPSA) is 84.0 Å². The molecule has 0 aliphatic heterocycles. The van der Waals surface area contributed by atoms with Gasteiger partial charge in [-0.2, -0.15) is 5.26 Å². The molecule has 0 heterocycles. The van der Waals surface area contributed by atoms with Crippen molar-refractivity contribution >= 4 is 17.5 Å². The number of rotatable bonds is 4. The van der Waals surface area contributed by atoms with Crippen molar-refractivity contribution in [3.8, 4) is 6.07 Å². The van der Waals surface area contributed by atoms with Crippen LogP contribution in [0.5, 0.6) is 0 Å². The van der Waals surface area contributed by atoms with E-state index in [-0.39, 0.29) is 11.3 Å². The van der Waals surface area contributed by atoms with E-state index >= 15 is 0 Å². The number of nitro groups is 1. The zero-order chi connectivity index (χ0) is 15.2. The first-order chi connectivity index (χ1) is 10.1. The molecule has 0 amide bonds. The summed E-state index contributed by atoms with van der Waals surface area (Å²) in [5, 5.41) is 19.6. The molecule has 0 unspecified atom stereocenters. The Kier molecular flexibility index (Phi) is 4.22. The van der Waals surface area contributed by atoms with E-state index in [9.17, 15) is 14.9 Å². The highest BCUT2D eigenvalue weighted by molar-refractivity contribution is 6.09. The van der Waals surface area contributed by atoms with Crippen LogP contribution in [-0.4, -0.2) is 10.7 Å². The molecule has 0 aromatic heterocycles. The average molecular weight is 278 g/mol. The van der Waals surface area contributed by atoms with Gasteiger partial charge in [0.25, 0.3) is 5.69 Å². The van der Waals surface area contributed by atoms with Crippen molar-refractivity contribution in [2.24, 2.45) is 0 Å². The smallest absolute Gasteiger partial charge is 0.280 e. The summed E-state index contributed by atoms with van der Waals surface area (Å²) in [6.45, 7) is 0. The number of benzene rings is 2. The minimum atomic E-state index is -0.581. The van der Waals surface area contributed by atoms with Crippen LogP contribution in [-0.2, 0) is 0 Å². The van der Waals surface area contributed by atoms with Gasteiger partial charge < -0.3 is 0 Å². The molecule has 0 bridgehead atoms. The third-order valence-corrected chi connectivity index (χ3v) is 2.83. The van der Waals surface area contributed by atoms with Crippen LogP contribution in [0.25, 0.3) is 6.08 Å². The number of hydrogen-bond acceptors (Lipinski definition) is 4. The predicted octanol–water partition coefficient (Wildman–Crippen LogP) is 3.36. The number of ketones is 1. The Morgan fingerprint density at radius 3 is 2.43 bits per heavy atom. The zero-order valence-electron chi connectivity index (χ0n) is 10.9. The molecule has 2 aromatic rings. The number of carbonyl (C=O) groups excluding carboxylic acids is 1. The van der Waals surface area contributed by atoms with Crippen molar-refractivity contribution in [2.75, 3.05) is 0 Å². The first-order valence-electron chi connectivity index (χ1n) is 6.08. The molecule has 2 aromatic carbocycles. The standard InChI is InChI=1S/C16H10N2O3/c17-11-13-7-5-12(6-8-13)9-10-16(19)14-3-1-2-4-15(14)18(20)21/h1-10H/b10-9+. The lowest BCUT2D eigenvalue weighted by atomic mass is 10.1. The average Bonchev–Trinajstić information content (AvgIpc) is 2.53. The van der Waals surface area contributed by atoms with E-state index in [0.717, 1.165) is 5.56 Å². The van der Waals surface area contributed by atoms with Gasteiger partial charge in [-0.25, -0.2) is 0 Å². The Labute approximate surface area is 120 Å². The quantitative estimate of drug-likeness (QED) is 0.371. The van der Waals surface area contributed by atoms with Crippen molar-refractivity contribution in [2.45, 2.75) is 0 Å². The number of nitrogens with zero attached hydrogens (tertiary/aromatic N) is 2. The lowest BCUT2D eigenvalue weighted by molar-refractivity contribution is -0.385. The monoisotopic (exact) mass is 278 g/mol. The SMILES string of the molecule is N#Cc1ccc(/C=C/C(=O)c2ccccc2[N+](=O)[O-])cc1. The minimum absolute atomic E-state index is 0.0485. The van der Waals surface area contributed by atoms with E-state index in [1.54, 1.807) is 36.4 Å². The van der Waals surface area contributed by atoms with Gasteiger partial charge in [0.2, 0.25) is 0 Å². The van der Waals surface area contributed by atoms with Gasteiger partial charge in [0.15, 0.2) is 5.78 Å². The van der Waals surface area contributed by atoms with Gasteiger partial charge in [-0.3, -0.25) is 14.9 Å². The normalized spacial score (nSPS) is 10.2. The number of hydrogen-bond donors (Lipinski definition) is 0. The first kappa shape index (κ1) is 14.2. The minimum Gasteiger partial charge on any atom is -0.289 e. The van der Waals surface area contributed by atoms with E-state index in [4.69, 9.17) is 5.26 Å². The third-order valence-electron chi connectivity index (χ3n) is 2.83. The Balaban J connectivity index is 2.23. The molecule has 0 radical (unpaired) electrons. The highest BCUT2D eigenvalue weighted by Crippen LogP contribution is 2.19. The highest BCUT2D eigenvalue weighted by atomic mass is 16.6. The lowest BCUT2D eigenvalue weighted by Gasteiger charge is -1.98. The van der Waals surface area contributed by atoms with Crippen molar-refractivity contribution in [1.82, 2.24) is 0 Å². The molecule has 5 nitrogen and oxygen atoms in total. The number of allylic oxidation sites excluding steroid dienone is 1. The number of para-hydroxylation sites is 1. The molecule has 0 saturated carbocycles. The summed E-state index contributed by atoms with van der Waals surface area (Å²) < 4.78 is 0. The maximum Gasteiger partial charge on any atom is 0.280 e. The van der Waals surface area contributed by atoms with Gasteiger partial charge >= 0.3 is 0 Å². The number of carbonyl (C=O) groups is 1. The molecule has 0 atom stereocenters. The highest BCUT2D eigenvalue weighted by Gasteiger charge is 2.16. The third kappa shape index (κ3) is 3.39. The molecule has 0 saturated heterocycles. The Bertz CT molecular complexity index is 756. The van der Waals surface area contributed by atoms with Crippen LogP contribution in [0.1, 0.15) is 21.5 Å². The van der Waals surface area contributed by atoms with E-state index < -0.39 is 10.7 Å². The van der Waals surface area contributed by atoms with Gasteiger partial charge in [-0.1, -0.05) is 30.3 Å². The summed E-state index contributed by atoms with van der Waals surface area (Å²) >= 11 is 0. The Morgan fingerprint density at radius 2 is 1.81 bits per heavy atom. The van der Waals surface area contributed by atoms with Crippen LogP contribution < -0.4 is 0 Å². The van der Waals surface area contributed by atoms with Crippen LogP contribution >= 0.6 is 0 Å². The number of nitro benzene ring substituents is 1. The van der Waals surface area contributed by atoms with Crippen LogP contribution in [0.15, 0.2) is 54.6 Å². The van der Waals surface area contributed by atoms with E-state index in [1.165, 1.54) is 24.3 Å². The van der Waals surface area contributed by atoms with Crippen molar-refractivity contribution in [1.29, 1.82) is 5.26 Å². The maximum absolute atomic E-state index is 12.0. The molecule has 0 fully saturated rings. The predicted molar refractivity (Wildman–Crippen MR) is 77.6 cm³/mol. The van der Waals surface area contributed by atoms with Crippen LogP contribution in [0.3, 0.4) is 0 Å². The summed E-state index contributed by atoms with van der Waals surface area (Å²) in [5.74, 6) is -0.438. The fourth-order valence-corrected chi connectivity index (χ4v) is 1.77. The second-order valence-electron chi connectivity index (χ2n) is 4.21. The van der Waals surface area contributed by atoms with Crippen molar-refractivity contribution in [3.63, 3.8) is 0 Å². The molecule has 2 rings (SSSR count). The lowest BCUT2D eigenvalue weighted by Crippen LogP contribution is -2.00. The Hall–Kier alpha value is -3.26. The molecule has 0 spiro atoms. The fourth-order valence-electron chi connectivity index (χ4n) is 1.77. The first-order valence-corrected chi connectivity index (χ1v) is 6.08. The largest absolute Gasteiger partial charge is 0.289 e. The van der Waals surface area contributed by atoms with Gasteiger partial charge in [0.1, 0.15) is 0 Å². The Morgan fingerprint density at radius 1 is 1.14 bits per heavy atom. The second kappa shape index (κ2) is 6.26. The summed E-state index contributed by atoms with van der Waals surface area (Å²) in [5.41, 5.74) is 1.09. The van der Waals surface area contributed by atoms with E-state index in [2.05, 4.69) is 0 Å². The molecule has 102 valence electrons. The van der Waals surface area contributed by atoms with E-state index in [1.807, 2.05) is 6.07 Å². The maximum atomic E-state index is 12.0. The fraction of sp³-hybridized carbons (Fsp3) is 0. The molecule has 0 aliphatic carbocycles. The summed E-state index contributed by atoms with van der Waals surface area (Å²) in [6.07, 6.45) is 2.84. The molecule has 21 heavy (non-hydrogen) atoms. The van der Waals surface area contributed by atoms with Gasteiger partial charge in [-0.15, -0.1) is 0 Å². The summed E-state index contributed by atoms with van der Waals surface area (Å²) in [4.78, 5) is 22.3. The summed E-state index contributed by atoms with van der Waals surface area (Å²) in [7, 11) is 0. The molecule has 0 N–H and O–H groups in total. The van der Waals surface area contributed by atoms with Crippen molar-refractivity contribution in [3.05, 3.63) is 81.4 Å². The van der Waals surface area contributed by atoms with Gasteiger partial charge in [0, 0.05) is 6.07 Å². The zero-order valence-corrected chi connectivity index (χ0v) is 10.9.